The lowest BCUT2D eigenvalue weighted by Crippen LogP contribution is -2.61. The number of carbonyl (C=O) groups excluding carboxylic acids is 2. The Bertz CT molecular complexity index is 729. The molecule has 8 heteroatoms. The number of nitro benzene ring substituents is 1. The van der Waals surface area contributed by atoms with Crippen molar-refractivity contribution in [3.05, 3.63) is 33.9 Å². The lowest BCUT2D eigenvalue weighted by atomic mass is 9.93. The molecule has 26 heavy (non-hydrogen) atoms. The number of hydrogen-bond acceptors (Lipinski definition) is 5. The van der Waals surface area contributed by atoms with E-state index in [0.29, 0.717) is 13.1 Å². The zero-order chi connectivity index (χ0) is 19.8. The number of phenolic OH excluding ortho intramolecular Hbond substituents is 1. The van der Waals surface area contributed by atoms with Crippen LogP contribution < -0.4 is 0 Å². The highest BCUT2D eigenvalue weighted by Crippen LogP contribution is 2.28. The minimum atomic E-state index is -0.629. The van der Waals surface area contributed by atoms with E-state index in [1.54, 1.807) is 9.80 Å². The van der Waals surface area contributed by atoms with Gasteiger partial charge in [-0.1, -0.05) is 20.8 Å². The number of amides is 2. The first-order valence-electron chi connectivity index (χ1n) is 8.53. The molecule has 2 rings (SSSR count). The van der Waals surface area contributed by atoms with Crippen LogP contribution in [0.25, 0.3) is 0 Å². The normalized spacial score (nSPS) is 20.8. The number of nitro groups is 1. The zero-order valence-electron chi connectivity index (χ0n) is 15.7. The highest BCUT2D eigenvalue weighted by Gasteiger charge is 2.38. The van der Waals surface area contributed by atoms with E-state index in [1.165, 1.54) is 12.1 Å². The van der Waals surface area contributed by atoms with Gasteiger partial charge in [-0.3, -0.25) is 19.7 Å². The Hall–Kier alpha value is -2.64. The fraction of sp³-hybridized carbons (Fsp3) is 0.556. The lowest BCUT2D eigenvalue weighted by Gasteiger charge is -2.46. The third-order valence-electron chi connectivity index (χ3n) is 4.50. The Kier molecular flexibility index (Phi) is 5.25. The summed E-state index contributed by atoms with van der Waals surface area (Å²) in [7, 11) is 0. The Morgan fingerprint density at radius 1 is 1.19 bits per heavy atom. The van der Waals surface area contributed by atoms with Gasteiger partial charge in [-0.15, -0.1) is 0 Å². The monoisotopic (exact) mass is 363 g/mol. The summed E-state index contributed by atoms with van der Waals surface area (Å²) in [6, 6.07) is 2.95. The molecule has 0 aliphatic carbocycles. The number of carbonyl (C=O) groups is 2. The van der Waals surface area contributed by atoms with E-state index in [9.17, 15) is 24.8 Å². The van der Waals surface area contributed by atoms with Crippen molar-refractivity contribution >= 4 is 17.5 Å². The van der Waals surface area contributed by atoms with E-state index in [1.807, 2.05) is 34.6 Å². The second-order valence-corrected chi connectivity index (χ2v) is 7.83. The molecule has 0 unspecified atom stereocenters. The van der Waals surface area contributed by atoms with Crippen molar-refractivity contribution in [1.29, 1.82) is 0 Å². The van der Waals surface area contributed by atoms with Crippen molar-refractivity contribution in [3.8, 4) is 5.75 Å². The number of non-ortho nitro benzene ring substituents is 1. The highest BCUT2D eigenvalue weighted by atomic mass is 16.6. The number of rotatable bonds is 2. The van der Waals surface area contributed by atoms with E-state index in [2.05, 4.69) is 0 Å². The van der Waals surface area contributed by atoms with E-state index < -0.39 is 22.0 Å². The van der Waals surface area contributed by atoms with Crippen LogP contribution in [0.4, 0.5) is 5.69 Å². The van der Waals surface area contributed by atoms with Crippen molar-refractivity contribution < 1.29 is 19.6 Å². The van der Waals surface area contributed by atoms with Gasteiger partial charge in [0.2, 0.25) is 5.91 Å². The maximum atomic E-state index is 12.9. The van der Waals surface area contributed by atoms with Gasteiger partial charge in [-0.05, 0) is 19.9 Å². The Morgan fingerprint density at radius 2 is 1.73 bits per heavy atom. The molecule has 142 valence electrons. The Morgan fingerprint density at radius 3 is 2.15 bits per heavy atom. The molecule has 0 radical (unpaired) electrons. The fourth-order valence-electron chi connectivity index (χ4n) is 3.32. The molecular weight excluding hydrogens is 338 g/mol. The second-order valence-electron chi connectivity index (χ2n) is 7.83. The van der Waals surface area contributed by atoms with E-state index >= 15 is 0 Å². The minimum Gasteiger partial charge on any atom is -0.507 e. The molecule has 2 atom stereocenters. The van der Waals surface area contributed by atoms with Crippen molar-refractivity contribution in [2.24, 2.45) is 5.41 Å². The maximum Gasteiger partial charge on any atom is 0.273 e. The van der Waals surface area contributed by atoms with Crippen LogP contribution in [-0.4, -0.2) is 56.8 Å². The minimum absolute atomic E-state index is 0.0184. The standard InChI is InChI=1S/C18H25N3O5/c1-11-9-19(17(24)18(3,4)5)10-12(2)20(11)16(23)14-7-6-13(21(25)26)8-15(14)22/h6-8,11-12,22H,9-10H2,1-5H3/t11-,12-/m0/s1. The molecule has 0 saturated carbocycles. The third-order valence-corrected chi connectivity index (χ3v) is 4.50. The number of phenols is 1. The quantitative estimate of drug-likeness (QED) is 0.642. The maximum absolute atomic E-state index is 12.9. The molecule has 1 aliphatic heterocycles. The molecule has 1 saturated heterocycles. The molecular formula is C18H25N3O5. The van der Waals surface area contributed by atoms with E-state index in [0.717, 1.165) is 6.07 Å². The van der Waals surface area contributed by atoms with Crippen molar-refractivity contribution in [2.75, 3.05) is 13.1 Å². The van der Waals surface area contributed by atoms with Gasteiger partial charge in [-0.25, -0.2) is 0 Å². The van der Waals surface area contributed by atoms with Gasteiger partial charge >= 0.3 is 0 Å². The van der Waals surface area contributed by atoms with Crippen LogP contribution in [0.2, 0.25) is 0 Å². The van der Waals surface area contributed by atoms with Crippen molar-refractivity contribution in [1.82, 2.24) is 9.80 Å². The van der Waals surface area contributed by atoms with Crippen LogP contribution in [-0.2, 0) is 4.79 Å². The number of hydrogen-bond donors (Lipinski definition) is 1. The zero-order valence-corrected chi connectivity index (χ0v) is 15.7. The molecule has 1 heterocycles. The number of aromatic hydroxyl groups is 1. The molecule has 0 bridgehead atoms. The highest BCUT2D eigenvalue weighted by molar-refractivity contribution is 5.97. The van der Waals surface area contributed by atoms with Crippen LogP contribution >= 0.6 is 0 Å². The number of nitrogens with zero attached hydrogens (tertiary/aromatic N) is 3. The van der Waals surface area contributed by atoms with Gasteiger partial charge in [0.25, 0.3) is 11.6 Å². The van der Waals surface area contributed by atoms with Gasteiger partial charge in [-0.2, -0.15) is 0 Å². The van der Waals surface area contributed by atoms with Gasteiger partial charge in [0.05, 0.1) is 16.6 Å². The second kappa shape index (κ2) is 6.93. The van der Waals surface area contributed by atoms with Crippen LogP contribution in [0.15, 0.2) is 18.2 Å². The summed E-state index contributed by atoms with van der Waals surface area (Å²) in [6.45, 7) is 10.1. The van der Waals surface area contributed by atoms with Crippen molar-refractivity contribution in [2.45, 2.75) is 46.7 Å². The average molecular weight is 363 g/mol. The Labute approximate surface area is 152 Å². The fourth-order valence-corrected chi connectivity index (χ4v) is 3.32. The molecule has 1 N–H and O–H groups in total. The van der Waals surface area contributed by atoms with E-state index in [-0.39, 0.29) is 29.2 Å². The first-order chi connectivity index (χ1) is 11.9. The summed E-state index contributed by atoms with van der Waals surface area (Å²) in [5.41, 5.74) is -0.756. The predicted octanol–water partition coefficient (Wildman–Crippen LogP) is 2.41. The molecule has 0 spiro atoms. The van der Waals surface area contributed by atoms with Crippen molar-refractivity contribution in [3.63, 3.8) is 0 Å². The van der Waals surface area contributed by atoms with Crippen LogP contribution in [0.5, 0.6) is 5.75 Å². The summed E-state index contributed by atoms with van der Waals surface area (Å²) >= 11 is 0. The third kappa shape index (κ3) is 3.79. The summed E-state index contributed by atoms with van der Waals surface area (Å²) in [5, 5.41) is 20.8. The largest absolute Gasteiger partial charge is 0.507 e. The average Bonchev–Trinajstić information content (AvgIpc) is 2.52. The van der Waals surface area contributed by atoms with Gasteiger partial charge in [0, 0.05) is 36.7 Å². The molecule has 1 fully saturated rings. The van der Waals surface area contributed by atoms with E-state index in [4.69, 9.17) is 0 Å². The number of piperazine rings is 1. The summed E-state index contributed by atoms with van der Waals surface area (Å²) in [6.07, 6.45) is 0. The molecule has 1 aliphatic rings. The summed E-state index contributed by atoms with van der Waals surface area (Å²) < 4.78 is 0. The summed E-state index contributed by atoms with van der Waals surface area (Å²) in [4.78, 5) is 39.0. The predicted molar refractivity (Wildman–Crippen MR) is 95.9 cm³/mol. The molecule has 2 amide bonds. The first kappa shape index (κ1) is 19.7. The van der Waals surface area contributed by atoms with Crippen LogP contribution in [0.3, 0.4) is 0 Å². The molecule has 0 aromatic heterocycles. The lowest BCUT2D eigenvalue weighted by molar-refractivity contribution is -0.384. The van der Waals surface area contributed by atoms with Crippen LogP contribution in [0, 0.1) is 15.5 Å². The molecule has 1 aromatic carbocycles. The van der Waals surface area contributed by atoms with Gasteiger partial charge in [0.1, 0.15) is 5.75 Å². The molecule has 8 nitrogen and oxygen atoms in total. The van der Waals surface area contributed by atoms with Crippen LogP contribution in [0.1, 0.15) is 45.0 Å². The van der Waals surface area contributed by atoms with Gasteiger partial charge < -0.3 is 14.9 Å². The SMILES string of the molecule is C[C@H]1CN(C(=O)C(C)(C)C)C[C@H](C)N1C(=O)c1ccc([N+](=O)[O-])cc1O. The first-order valence-corrected chi connectivity index (χ1v) is 8.53. The smallest absolute Gasteiger partial charge is 0.273 e. The Balaban J connectivity index is 2.23. The number of benzene rings is 1. The topological polar surface area (TPSA) is 104 Å². The molecule has 1 aromatic rings. The summed E-state index contributed by atoms with van der Waals surface area (Å²) in [5.74, 6) is -0.793. The van der Waals surface area contributed by atoms with Gasteiger partial charge in [0.15, 0.2) is 0 Å².